The van der Waals surface area contributed by atoms with Crippen LogP contribution in [0.25, 0.3) is 0 Å². The smallest absolute Gasteiger partial charge is 0.167 e. The third-order valence-electron chi connectivity index (χ3n) is 3.46. The van der Waals surface area contributed by atoms with Crippen LogP contribution >= 0.6 is 0 Å². The van der Waals surface area contributed by atoms with Crippen LogP contribution in [0.4, 0.5) is 0 Å². The van der Waals surface area contributed by atoms with E-state index < -0.39 is 0 Å². The summed E-state index contributed by atoms with van der Waals surface area (Å²) in [5.74, 6) is 2.01. The van der Waals surface area contributed by atoms with Crippen LogP contribution < -0.4 is 19.9 Å². The van der Waals surface area contributed by atoms with E-state index in [1.165, 1.54) is 6.92 Å². The second-order valence-corrected chi connectivity index (χ2v) is 5.15. The predicted molar refractivity (Wildman–Crippen MR) is 111 cm³/mol. The van der Waals surface area contributed by atoms with Crippen molar-refractivity contribution >= 4 is 5.78 Å². The molecular weight excluding hydrogens is 342 g/mol. The molecule has 0 aliphatic rings. The van der Waals surface area contributed by atoms with E-state index in [2.05, 4.69) is 0 Å². The molecule has 1 unspecified atom stereocenters. The fourth-order valence-corrected chi connectivity index (χ4v) is 2.21. The zero-order chi connectivity index (χ0) is 20.8. The first kappa shape index (κ1) is 24.5. The molecule has 0 spiro atoms. The molecule has 0 bridgehead atoms. The molecule has 5 nitrogen and oxygen atoms in total. The van der Waals surface area contributed by atoms with E-state index in [9.17, 15) is 4.79 Å². The van der Waals surface area contributed by atoms with Crippen LogP contribution in [0.5, 0.6) is 17.2 Å². The summed E-state index contributed by atoms with van der Waals surface area (Å²) in [6.45, 7) is 9.55. The Morgan fingerprint density at radius 1 is 0.926 bits per heavy atom. The molecule has 2 rings (SSSR count). The molecule has 0 heterocycles. The Morgan fingerprint density at radius 2 is 1.48 bits per heavy atom. The highest BCUT2D eigenvalue weighted by molar-refractivity contribution is 5.77. The normalized spacial score (nSPS) is 10.4. The molecule has 0 radical (unpaired) electrons. The first-order chi connectivity index (χ1) is 13.0. The van der Waals surface area contributed by atoms with Crippen molar-refractivity contribution in [3.8, 4) is 17.2 Å². The van der Waals surface area contributed by atoms with Crippen LogP contribution in [0.1, 0.15) is 51.8 Å². The van der Waals surface area contributed by atoms with Gasteiger partial charge in [-0.1, -0.05) is 39.8 Å². The zero-order valence-electron chi connectivity index (χ0n) is 17.5. The van der Waals surface area contributed by atoms with Gasteiger partial charge in [-0.3, -0.25) is 4.79 Å². The third-order valence-corrected chi connectivity index (χ3v) is 3.46. The topological polar surface area (TPSA) is 70.8 Å². The van der Waals surface area contributed by atoms with Crippen LogP contribution in [0.3, 0.4) is 0 Å². The Morgan fingerprint density at radius 3 is 1.96 bits per heavy atom. The lowest BCUT2D eigenvalue weighted by Gasteiger charge is -2.17. The van der Waals surface area contributed by atoms with Gasteiger partial charge in [-0.15, -0.1) is 0 Å². The average Bonchev–Trinajstić information content (AvgIpc) is 2.74. The molecule has 2 aromatic rings. The van der Waals surface area contributed by atoms with Gasteiger partial charge >= 0.3 is 0 Å². The molecular formula is C22H33NO4. The zero-order valence-corrected chi connectivity index (χ0v) is 17.5. The number of hydrogen-bond acceptors (Lipinski definition) is 5. The average molecular weight is 376 g/mol. The van der Waals surface area contributed by atoms with E-state index in [-0.39, 0.29) is 18.4 Å². The SMILES string of the molecule is CC.CC.COc1ccc(C(N)c2ccc(OCC(C)=O)cc2)c(OC)c1. The van der Waals surface area contributed by atoms with Gasteiger partial charge in [-0.2, -0.15) is 0 Å². The summed E-state index contributed by atoms with van der Waals surface area (Å²) in [6, 6.07) is 12.6. The minimum absolute atomic E-state index is 0.0197. The summed E-state index contributed by atoms with van der Waals surface area (Å²) in [5.41, 5.74) is 8.13. The Balaban J connectivity index is 0.00000158. The first-order valence-corrected chi connectivity index (χ1v) is 9.25. The van der Waals surface area contributed by atoms with Crippen molar-refractivity contribution in [3.63, 3.8) is 0 Å². The minimum atomic E-state index is -0.335. The van der Waals surface area contributed by atoms with Gasteiger partial charge in [0.1, 0.15) is 23.9 Å². The van der Waals surface area contributed by atoms with Crippen molar-refractivity contribution in [2.45, 2.75) is 40.7 Å². The lowest BCUT2D eigenvalue weighted by atomic mass is 9.98. The number of ether oxygens (including phenoxy) is 3. The van der Waals surface area contributed by atoms with Crippen molar-refractivity contribution in [1.29, 1.82) is 0 Å². The molecule has 1 atom stereocenters. The van der Waals surface area contributed by atoms with E-state index in [0.29, 0.717) is 17.2 Å². The quantitative estimate of drug-likeness (QED) is 0.754. The molecule has 0 aliphatic carbocycles. The number of carbonyl (C=O) groups is 1. The molecule has 0 fully saturated rings. The number of rotatable bonds is 7. The van der Waals surface area contributed by atoms with Gasteiger partial charge in [-0.25, -0.2) is 0 Å². The minimum Gasteiger partial charge on any atom is -0.497 e. The molecule has 0 saturated heterocycles. The van der Waals surface area contributed by atoms with E-state index in [1.807, 2.05) is 52.0 Å². The van der Waals surface area contributed by atoms with E-state index in [1.54, 1.807) is 32.4 Å². The van der Waals surface area contributed by atoms with Gasteiger partial charge in [0.05, 0.1) is 20.3 Å². The fourth-order valence-electron chi connectivity index (χ4n) is 2.21. The second kappa shape index (κ2) is 13.6. The maximum absolute atomic E-state index is 10.9. The molecule has 0 amide bonds. The Bertz CT molecular complexity index is 669. The van der Waals surface area contributed by atoms with Crippen LogP contribution in [0, 0.1) is 0 Å². The van der Waals surface area contributed by atoms with Gasteiger partial charge in [0, 0.05) is 11.6 Å². The maximum Gasteiger partial charge on any atom is 0.167 e. The van der Waals surface area contributed by atoms with Gasteiger partial charge in [-0.05, 0) is 36.8 Å². The Hall–Kier alpha value is -2.53. The summed E-state index contributed by atoms with van der Waals surface area (Å²) in [4.78, 5) is 10.9. The van der Waals surface area contributed by atoms with Gasteiger partial charge in [0.2, 0.25) is 0 Å². The second-order valence-electron chi connectivity index (χ2n) is 5.15. The lowest BCUT2D eigenvalue weighted by molar-refractivity contribution is -0.118. The molecule has 27 heavy (non-hydrogen) atoms. The number of hydrogen-bond donors (Lipinski definition) is 1. The van der Waals surface area contributed by atoms with Crippen molar-refractivity contribution in [2.24, 2.45) is 5.73 Å². The monoisotopic (exact) mass is 375 g/mol. The molecule has 2 aromatic carbocycles. The molecule has 2 N–H and O–H groups in total. The van der Waals surface area contributed by atoms with E-state index in [4.69, 9.17) is 19.9 Å². The first-order valence-electron chi connectivity index (χ1n) is 9.25. The molecule has 0 aromatic heterocycles. The fraction of sp³-hybridized carbons (Fsp3) is 0.409. The number of benzene rings is 2. The Labute approximate surface area is 163 Å². The number of nitrogens with two attached hydrogens (primary N) is 1. The lowest BCUT2D eigenvalue weighted by Crippen LogP contribution is -2.13. The van der Waals surface area contributed by atoms with Gasteiger partial charge < -0.3 is 19.9 Å². The van der Waals surface area contributed by atoms with E-state index >= 15 is 0 Å². The summed E-state index contributed by atoms with van der Waals surface area (Å²) >= 11 is 0. The number of carbonyl (C=O) groups excluding carboxylic acids is 1. The summed E-state index contributed by atoms with van der Waals surface area (Å²) in [7, 11) is 3.21. The summed E-state index contributed by atoms with van der Waals surface area (Å²) in [6.07, 6.45) is 0. The molecule has 0 aliphatic heterocycles. The largest absolute Gasteiger partial charge is 0.497 e. The molecule has 0 saturated carbocycles. The van der Waals surface area contributed by atoms with Gasteiger partial charge in [0.15, 0.2) is 5.78 Å². The standard InChI is InChI=1S/C18H21NO4.2C2H6/c1-12(20)11-23-14-6-4-13(5-7-14)18(19)16-9-8-15(21-2)10-17(16)22-3;2*1-2/h4-10,18H,11,19H2,1-3H3;2*1-2H3. The highest BCUT2D eigenvalue weighted by Gasteiger charge is 2.15. The van der Waals surface area contributed by atoms with Crippen LogP contribution in [-0.4, -0.2) is 26.6 Å². The molecule has 5 heteroatoms. The number of Topliss-reactive ketones (excluding diaryl/α,β-unsaturated/α-hetero) is 1. The summed E-state index contributed by atoms with van der Waals surface area (Å²) < 4.78 is 15.9. The van der Waals surface area contributed by atoms with Crippen molar-refractivity contribution < 1.29 is 19.0 Å². The van der Waals surface area contributed by atoms with Gasteiger partial charge in [0.25, 0.3) is 0 Å². The predicted octanol–water partition coefficient (Wildman–Crippen LogP) is 4.77. The summed E-state index contributed by atoms with van der Waals surface area (Å²) in [5, 5.41) is 0. The Kier molecular flexibility index (Phi) is 12.4. The van der Waals surface area contributed by atoms with Crippen molar-refractivity contribution in [2.75, 3.05) is 20.8 Å². The van der Waals surface area contributed by atoms with Crippen LogP contribution in [-0.2, 0) is 4.79 Å². The third kappa shape index (κ3) is 7.71. The van der Waals surface area contributed by atoms with Crippen molar-refractivity contribution in [3.05, 3.63) is 53.6 Å². The number of ketones is 1. The van der Waals surface area contributed by atoms with Crippen molar-refractivity contribution in [1.82, 2.24) is 0 Å². The number of methoxy groups -OCH3 is 2. The maximum atomic E-state index is 10.9. The molecule has 150 valence electrons. The van der Waals surface area contributed by atoms with Crippen LogP contribution in [0.15, 0.2) is 42.5 Å². The van der Waals surface area contributed by atoms with E-state index in [0.717, 1.165) is 11.1 Å². The highest BCUT2D eigenvalue weighted by atomic mass is 16.5. The highest BCUT2D eigenvalue weighted by Crippen LogP contribution is 2.32. The van der Waals surface area contributed by atoms with Crippen LogP contribution in [0.2, 0.25) is 0 Å².